The molecule has 0 aliphatic rings. The Morgan fingerprint density at radius 2 is 2.46 bits per heavy atom. The average molecular weight is 210 g/mol. The molecule has 0 radical (unpaired) electrons. The van der Waals surface area contributed by atoms with Crippen molar-refractivity contribution in [1.82, 2.24) is 4.98 Å². The minimum atomic E-state index is -2.68. The van der Waals surface area contributed by atoms with E-state index in [0.717, 1.165) is 6.20 Å². The van der Waals surface area contributed by atoms with Crippen LogP contribution in [0.15, 0.2) is 6.20 Å². The molecular formula is C8H13ClN2O2. The third-order valence-electron chi connectivity index (χ3n) is 1.45. The highest BCUT2D eigenvalue weighted by molar-refractivity contribution is 5.85. The van der Waals surface area contributed by atoms with E-state index in [1.165, 1.54) is 0 Å². The van der Waals surface area contributed by atoms with Gasteiger partial charge in [0.25, 0.3) is 0 Å². The number of hydrogen-bond acceptors (Lipinski definition) is 4. The number of aromatic hydroxyl groups is 1. The lowest BCUT2D eigenvalue weighted by Crippen LogP contribution is -2.04. The second kappa shape index (κ2) is 5.01. The van der Waals surface area contributed by atoms with Crippen LogP contribution in [-0.4, -0.2) is 15.2 Å². The Labute approximate surface area is 89.9 Å². The molecule has 0 spiro atoms. The third kappa shape index (κ3) is 2.30. The fourth-order valence-electron chi connectivity index (χ4n) is 0.820. The summed E-state index contributed by atoms with van der Waals surface area (Å²) in [4.78, 5) is 3.50. The summed E-state index contributed by atoms with van der Waals surface area (Å²) in [5, 5.41) is 18.7. The van der Waals surface area contributed by atoms with Gasteiger partial charge in [0.05, 0.1) is 12.3 Å². The molecule has 5 heteroatoms. The van der Waals surface area contributed by atoms with Gasteiger partial charge in [0, 0.05) is 30.7 Å². The summed E-state index contributed by atoms with van der Waals surface area (Å²) in [6.07, 6.45) is 0.988. The number of aliphatic hydroxyl groups excluding tert-OH is 1. The molecule has 1 aromatic rings. The minimum absolute atomic E-state index is 0. The molecular weight excluding hydrogens is 192 g/mol. The summed E-state index contributed by atoms with van der Waals surface area (Å²) in [5.74, 6) is -0.843. The van der Waals surface area contributed by atoms with Crippen molar-refractivity contribution in [2.75, 3.05) is 0 Å². The van der Waals surface area contributed by atoms with Crippen LogP contribution in [0.25, 0.3) is 0 Å². The van der Waals surface area contributed by atoms with Crippen LogP contribution in [0.3, 0.4) is 0 Å². The van der Waals surface area contributed by atoms with E-state index >= 15 is 0 Å². The Bertz CT molecular complexity index is 433. The van der Waals surface area contributed by atoms with Gasteiger partial charge in [-0.15, -0.1) is 12.4 Å². The van der Waals surface area contributed by atoms with Crippen molar-refractivity contribution in [3.8, 4) is 5.75 Å². The molecule has 0 aliphatic carbocycles. The van der Waals surface area contributed by atoms with E-state index in [1.807, 2.05) is 0 Å². The van der Waals surface area contributed by atoms with Crippen LogP contribution in [-0.2, 0) is 13.1 Å². The Balaban J connectivity index is 0.00000289. The highest BCUT2D eigenvalue weighted by Crippen LogP contribution is 2.22. The molecule has 0 saturated carbocycles. The summed E-state index contributed by atoms with van der Waals surface area (Å²) in [6.45, 7) is -5.75. The number of aromatic nitrogens is 1. The summed E-state index contributed by atoms with van der Waals surface area (Å²) in [5.41, 5.74) is 4.05. The molecule has 0 aliphatic heterocycles. The molecule has 0 unspecified atom stereocenters. The van der Waals surface area contributed by atoms with E-state index in [0.29, 0.717) is 0 Å². The maximum Gasteiger partial charge on any atom is 0.141 e. The monoisotopic (exact) mass is 209 g/mol. The van der Waals surface area contributed by atoms with Gasteiger partial charge in [0.1, 0.15) is 5.75 Å². The molecule has 1 rings (SSSR count). The topological polar surface area (TPSA) is 79.4 Å². The summed E-state index contributed by atoms with van der Waals surface area (Å²) in [6, 6.07) is 0. The van der Waals surface area contributed by atoms with Gasteiger partial charge in [0.2, 0.25) is 0 Å². The van der Waals surface area contributed by atoms with Gasteiger partial charge in [-0.2, -0.15) is 0 Å². The Morgan fingerprint density at radius 3 is 2.92 bits per heavy atom. The normalized spacial score (nSPS) is 17.2. The van der Waals surface area contributed by atoms with E-state index < -0.39 is 37.0 Å². The van der Waals surface area contributed by atoms with Crippen LogP contribution in [0.4, 0.5) is 0 Å². The van der Waals surface area contributed by atoms with E-state index in [2.05, 4.69) is 4.98 Å². The molecule has 0 aromatic carbocycles. The molecule has 1 aromatic heterocycles. The van der Waals surface area contributed by atoms with Gasteiger partial charge in [-0.3, -0.25) is 4.98 Å². The largest absolute Gasteiger partial charge is 0.506 e. The summed E-state index contributed by atoms with van der Waals surface area (Å²) < 4.78 is 36.0. The average Bonchev–Trinajstić information content (AvgIpc) is 2.12. The van der Waals surface area contributed by atoms with Crippen LogP contribution in [0.5, 0.6) is 5.75 Å². The fourth-order valence-corrected chi connectivity index (χ4v) is 0.820. The van der Waals surface area contributed by atoms with Crippen molar-refractivity contribution < 1.29 is 17.1 Å². The molecule has 0 amide bonds. The number of pyridine rings is 1. The molecule has 4 N–H and O–H groups in total. The first-order chi connectivity index (χ1) is 7.59. The van der Waals surface area contributed by atoms with Crippen LogP contribution >= 0.6 is 12.4 Å². The molecule has 74 valence electrons. The molecule has 0 bridgehead atoms. The second-order valence-corrected chi connectivity index (χ2v) is 2.16. The maximum absolute atomic E-state index is 9.72. The van der Waals surface area contributed by atoms with Crippen LogP contribution in [0.2, 0.25) is 0 Å². The standard InChI is InChI=1S/C8H12N2O2.ClH/c1-5-8(12)7(2-9)6(4-11)3-10-5;/h3,11-12H,2,4,9H2,1H3;1H/i1D3,2D2;. The lowest BCUT2D eigenvalue weighted by atomic mass is 10.1. The molecule has 1 heterocycles. The lowest BCUT2D eigenvalue weighted by molar-refractivity contribution is 0.279. The SMILES string of the molecule is Cl.[2H]C([2H])([2H])c1ncc(CO)c(C([2H])([2H])N)c1O. The van der Waals surface area contributed by atoms with Crippen LogP contribution in [0, 0.1) is 6.85 Å². The quantitative estimate of drug-likeness (QED) is 0.662. The van der Waals surface area contributed by atoms with Crippen molar-refractivity contribution in [1.29, 1.82) is 0 Å². The van der Waals surface area contributed by atoms with Crippen LogP contribution in [0.1, 0.15) is 23.7 Å². The number of rotatable bonds is 2. The fraction of sp³-hybridized carbons (Fsp3) is 0.375. The number of halogens is 1. The van der Waals surface area contributed by atoms with Crippen LogP contribution < -0.4 is 5.73 Å². The number of nitrogens with two attached hydrogens (primary N) is 1. The van der Waals surface area contributed by atoms with Gasteiger partial charge in [-0.25, -0.2) is 0 Å². The van der Waals surface area contributed by atoms with Gasteiger partial charge in [0.15, 0.2) is 0 Å². The zero-order chi connectivity index (χ0) is 13.4. The lowest BCUT2D eigenvalue weighted by Gasteiger charge is -2.08. The highest BCUT2D eigenvalue weighted by atomic mass is 35.5. The van der Waals surface area contributed by atoms with Crippen molar-refractivity contribution in [3.05, 3.63) is 23.0 Å². The first kappa shape index (κ1) is 5.80. The zero-order valence-electron chi connectivity index (χ0n) is 11.6. The minimum Gasteiger partial charge on any atom is -0.506 e. The predicted molar refractivity (Wildman–Crippen MR) is 51.7 cm³/mol. The van der Waals surface area contributed by atoms with E-state index in [-0.39, 0.29) is 18.0 Å². The van der Waals surface area contributed by atoms with Crippen molar-refractivity contribution in [3.63, 3.8) is 0 Å². The highest BCUT2D eigenvalue weighted by Gasteiger charge is 2.08. The smallest absolute Gasteiger partial charge is 0.141 e. The number of aryl methyl sites for hydroxylation is 1. The molecule has 4 nitrogen and oxygen atoms in total. The van der Waals surface area contributed by atoms with Gasteiger partial charge >= 0.3 is 0 Å². The van der Waals surface area contributed by atoms with E-state index in [1.54, 1.807) is 0 Å². The second-order valence-electron chi connectivity index (χ2n) is 2.16. The molecule has 0 fully saturated rings. The van der Waals surface area contributed by atoms with Crippen molar-refractivity contribution >= 4 is 12.4 Å². The van der Waals surface area contributed by atoms with E-state index in [9.17, 15) is 5.11 Å². The third-order valence-corrected chi connectivity index (χ3v) is 1.45. The number of nitrogens with zero attached hydrogens (tertiary/aromatic N) is 1. The van der Waals surface area contributed by atoms with Gasteiger partial charge < -0.3 is 15.9 Å². The molecule has 13 heavy (non-hydrogen) atoms. The van der Waals surface area contributed by atoms with Gasteiger partial charge in [-0.1, -0.05) is 0 Å². The Hall–Kier alpha value is -0.840. The van der Waals surface area contributed by atoms with E-state index in [4.69, 9.17) is 17.7 Å². The summed E-state index contributed by atoms with van der Waals surface area (Å²) >= 11 is 0. The van der Waals surface area contributed by atoms with Gasteiger partial charge in [-0.05, 0) is 6.85 Å². The van der Waals surface area contributed by atoms with Crippen molar-refractivity contribution in [2.45, 2.75) is 20.0 Å². The summed E-state index contributed by atoms with van der Waals surface area (Å²) in [7, 11) is 0. The number of hydrogen-bond donors (Lipinski definition) is 3. The molecule has 0 saturated heterocycles. The zero-order valence-corrected chi connectivity index (χ0v) is 7.43. The molecule has 0 atom stereocenters. The first-order valence-corrected chi connectivity index (χ1v) is 3.20. The first-order valence-electron chi connectivity index (χ1n) is 5.70. The predicted octanol–water partition coefficient (Wildman–Crippen LogP) is 0.468. The number of aliphatic hydroxyl groups is 1. The Kier molecular flexibility index (Phi) is 2.24. The Morgan fingerprint density at radius 1 is 1.77 bits per heavy atom. The maximum atomic E-state index is 9.72. The van der Waals surface area contributed by atoms with Crippen molar-refractivity contribution in [2.24, 2.45) is 5.73 Å².